The zero-order chi connectivity index (χ0) is 16.0. The van der Waals surface area contributed by atoms with Crippen molar-refractivity contribution in [2.75, 3.05) is 19.6 Å². The topological polar surface area (TPSA) is 75.9 Å². The summed E-state index contributed by atoms with van der Waals surface area (Å²) in [6.07, 6.45) is 0.112. The van der Waals surface area contributed by atoms with Crippen molar-refractivity contribution in [3.05, 3.63) is 0 Å². The molecule has 0 saturated carbocycles. The van der Waals surface area contributed by atoms with Crippen LogP contribution in [0.5, 0.6) is 0 Å². The highest BCUT2D eigenvalue weighted by atomic mass is 16.6. The highest BCUT2D eigenvalue weighted by Gasteiger charge is 2.55. The largest absolute Gasteiger partial charge is 0.444 e. The van der Waals surface area contributed by atoms with Crippen molar-refractivity contribution in [1.82, 2.24) is 9.80 Å². The minimum atomic E-state index is -0.488. The SMILES string of the molecule is CCN1C(=O)CC(N)C1C1(C)CN(C(=O)OC(C)(C)C)C1. The Hall–Kier alpha value is -1.30. The van der Waals surface area contributed by atoms with Gasteiger partial charge >= 0.3 is 6.09 Å². The Morgan fingerprint density at radius 2 is 2.00 bits per heavy atom. The number of carbonyl (C=O) groups excluding carboxylic acids is 2. The first-order valence-electron chi connectivity index (χ1n) is 7.60. The van der Waals surface area contributed by atoms with Gasteiger partial charge in [-0.1, -0.05) is 6.92 Å². The molecule has 0 aromatic rings. The molecule has 120 valence electrons. The number of ether oxygens (including phenoxy) is 1. The maximum atomic E-state index is 12.0. The number of hydrogen-bond donors (Lipinski definition) is 1. The summed E-state index contributed by atoms with van der Waals surface area (Å²) < 4.78 is 5.37. The average Bonchev–Trinajstić information content (AvgIpc) is 2.57. The number of carbonyl (C=O) groups is 2. The van der Waals surface area contributed by atoms with E-state index in [0.717, 1.165) is 0 Å². The van der Waals surface area contributed by atoms with Gasteiger partial charge in [-0.25, -0.2) is 4.79 Å². The molecular formula is C15H27N3O3. The summed E-state index contributed by atoms with van der Waals surface area (Å²) in [5, 5.41) is 0. The van der Waals surface area contributed by atoms with Crippen LogP contribution in [0.2, 0.25) is 0 Å². The molecule has 2 aliphatic heterocycles. The van der Waals surface area contributed by atoms with E-state index in [-0.39, 0.29) is 29.5 Å². The molecule has 2 N–H and O–H groups in total. The van der Waals surface area contributed by atoms with E-state index in [2.05, 4.69) is 6.92 Å². The van der Waals surface area contributed by atoms with Gasteiger partial charge in [-0.05, 0) is 27.7 Å². The molecule has 2 unspecified atom stereocenters. The molecule has 2 amide bonds. The van der Waals surface area contributed by atoms with Crippen molar-refractivity contribution in [1.29, 1.82) is 0 Å². The van der Waals surface area contributed by atoms with Gasteiger partial charge in [0.05, 0.1) is 6.04 Å². The van der Waals surface area contributed by atoms with Crippen LogP contribution in [0.1, 0.15) is 41.0 Å². The minimum Gasteiger partial charge on any atom is -0.444 e. The maximum absolute atomic E-state index is 12.0. The second-order valence-corrected chi connectivity index (χ2v) is 7.48. The smallest absolute Gasteiger partial charge is 0.410 e. The highest BCUT2D eigenvalue weighted by Crippen LogP contribution is 2.41. The predicted molar refractivity (Wildman–Crippen MR) is 79.7 cm³/mol. The first kappa shape index (κ1) is 16.1. The van der Waals surface area contributed by atoms with Crippen LogP contribution in [-0.2, 0) is 9.53 Å². The lowest BCUT2D eigenvalue weighted by atomic mass is 9.73. The molecule has 6 nitrogen and oxygen atoms in total. The van der Waals surface area contributed by atoms with Gasteiger partial charge in [-0.15, -0.1) is 0 Å². The second kappa shape index (κ2) is 5.16. The molecule has 0 radical (unpaired) electrons. The van der Waals surface area contributed by atoms with Crippen molar-refractivity contribution in [2.45, 2.75) is 58.7 Å². The van der Waals surface area contributed by atoms with Crippen LogP contribution in [0.4, 0.5) is 4.79 Å². The Kier molecular flexibility index (Phi) is 3.95. The molecule has 0 aromatic carbocycles. The van der Waals surface area contributed by atoms with E-state index in [9.17, 15) is 9.59 Å². The molecule has 2 heterocycles. The third-order valence-electron chi connectivity index (χ3n) is 4.28. The summed E-state index contributed by atoms with van der Waals surface area (Å²) in [7, 11) is 0. The van der Waals surface area contributed by atoms with Crippen molar-refractivity contribution in [3.8, 4) is 0 Å². The molecule has 0 aromatic heterocycles. The summed E-state index contributed by atoms with van der Waals surface area (Å²) in [6.45, 7) is 11.5. The fourth-order valence-corrected chi connectivity index (χ4v) is 3.55. The van der Waals surface area contributed by atoms with Crippen LogP contribution >= 0.6 is 0 Å². The third-order valence-corrected chi connectivity index (χ3v) is 4.28. The lowest BCUT2D eigenvalue weighted by Crippen LogP contribution is -2.67. The molecule has 0 bridgehead atoms. The maximum Gasteiger partial charge on any atom is 0.410 e. The summed E-state index contributed by atoms with van der Waals surface area (Å²) in [5.74, 6) is 0.118. The normalized spacial score (nSPS) is 28.6. The molecule has 0 spiro atoms. The van der Waals surface area contributed by atoms with Crippen LogP contribution < -0.4 is 5.73 Å². The predicted octanol–water partition coefficient (Wildman–Crippen LogP) is 1.19. The number of hydrogen-bond acceptors (Lipinski definition) is 4. The van der Waals surface area contributed by atoms with Crippen LogP contribution in [0.3, 0.4) is 0 Å². The summed E-state index contributed by atoms with van der Waals surface area (Å²) in [4.78, 5) is 27.5. The molecule has 2 aliphatic rings. The zero-order valence-electron chi connectivity index (χ0n) is 13.7. The molecule has 21 heavy (non-hydrogen) atoms. The fraction of sp³-hybridized carbons (Fsp3) is 0.867. The second-order valence-electron chi connectivity index (χ2n) is 7.48. The standard InChI is InChI=1S/C15H27N3O3/c1-6-18-11(19)7-10(16)12(18)15(5)8-17(9-15)13(20)21-14(2,3)4/h10,12H,6-9,16H2,1-5H3. The van der Waals surface area contributed by atoms with E-state index in [1.54, 1.807) is 4.90 Å². The van der Waals surface area contributed by atoms with Crippen LogP contribution in [-0.4, -0.2) is 59.1 Å². The van der Waals surface area contributed by atoms with E-state index in [1.807, 2.05) is 32.6 Å². The van der Waals surface area contributed by atoms with Gasteiger partial charge < -0.3 is 20.3 Å². The van der Waals surface area contributed by atoms with Gasteiger partial charge in [-0.3, -0.25) is 4.79 Å². The Balaban J connectivity index is 2.01. The third kappa shape index (κ3) is 3.00. The monoisotopic (exact) mass is 297 g/mol. The zero-order valence-corrected chi connectivity index (χ0v) is 13.7. The van der Waals surface area contributed by atoms with E-state index in [1.165, 1.54) is 0 Å². The number of amides is 2. The minimum absolute atomic E-state index is 0.00804. The molecule has 6 heteroatoms. The van der Waals surface area contributed by atoms with Gasteiger partial charge in [0.15, 0.2) is 0 Å². The van der Waals surface area contributed by atoms with Crippen molar-refractivity contribution >= 4 is 12.0 Å². The Bertz CT molecular complexity index is 438. The average molecular weight is 297 g/mol. The first-order chi connectivity index (χ1) is 9.57. The number of likely N-dealkylation sites (tertiary alicyclic amines) is 2. The van der Waals surface area contributed by atoms with Gasteiger partial charge in [0.2, 0.25) is 5.91 Å². The van der Waals surface area contributed by atoms with E-state index in [0.29, 0.717) is 26.1 Å². The van der Waals surface area contributed by atoms with Crippen LogP contribution in [0, 0.1) is 5.41 Å². The molecule has 0 aliphatic carbocycles. The number of nitrogens with zero attached hydrogens (tertiary/aromatic N) is 2. The van der Waals surface area contributed by atoms with Crippen molar-refractivity contribution < 1.29 is 14.3 Å². The molecule has 2 fully saturated rings. The Morgan fingerprint density at radius 1 is 1.43 bits per heavy atom. The lowest BCUT2D eigenvalue weighted by Gasteiger charge is -2.53. The molecule has 2 atom stereocenters. The quantitative estimate of drug-likeness (QED) is 0.830. The first-order valence-corrected chi connectivity index (χ1v) is 7.60. The Labute approximate surface area is 126 Å². The summed E-state index contributed by atoms with van der Waals surface area (Å²) >= 11 is 0. The Morgan fingerprint density at radius 3 is 2.48 bits per heavy atom. The lowest BCUT2D eigenvalue weighted by molar-refractivity contribution is -0.132. The number of likely N-dealkylation sites (N-methyl/N-ethyl adjacent to an activating group) is 1. The highest BCUT2D eigenvalue weighted by molar-refractivity contribution is 5.80. The van der Waals surface area contributed by atoms with Crippen LogP contribution in [0.15, 0.2) is 0 Å². The summed E-state index contributed by atoms with van der Waals surface area (Å²) in [6, 6.07) is -0.142. The molecular weight excluding hydrogens is 270 g/mol. The van der Waals surface area contributed by atoms with E-state index >= 15 is 0 Å². The van der Waals surface area contributed by atoms with Crippen LogP contribution in [0.25, 0.3) is 0 Å². The van der Waals surface area contributed by atoms with Crippen molar-refractivity contribution in [2.24, 2.45) is 11.1 Å². The molecule has 2 rings (SSSR count). The van der Waals surface area contributed by atoms with Gasteiger partial charge in [0.25, 0.3) is 0 Å². The number of nitrogens with two attached hydrogens (primary N) is 1. The van der Waals surface area contributed by atoms with Gasteiger partial charge in [-0.2, -0.15) is 0 Å². The van der Waals surface area contributed by atoms with E-state index in [4.69, 9.17) is 10.5 Å². The van der Waals surface area contributed by atoms with E-state index < -0.39 is 5.60 Å². The fourth-order valence-electron chi connectivity index (χ4n) is 3.55. The summed E-state index contributed by atoms with van der Waals surface area (Å²) in [5.41, 5.74) is 5.53. The van der Waals surface area contributed by atoms with Gasteiger partial charge in [0.1, 0.15) is 5.60 Å². The molecule has 2 saturated heterocycles. The van der Waals surface area contributed by atoms with Crippen molar-refractivity contribution in [3.63, 3.8) is 0 Å². The number of rotatable bonds is 2. The van der Waals surface area contributed by atoms with Gasteiger partial charge in [0, 0.05) is 37.5 Å².